The number of carboxylic acid groups (broad SMARTS) is 1. The number of aliphatic carboxylic acids is 1. The van der Waals surface area contributed by atoms with E-state index in [2.05, 4.69) is 6.92 Å². The van der Waals surface area contributed by atoms with E-state index in [9.17, 15) is 14.7 Å². The Morgan fingerprint density at radius 1 is 0.933 bits per heavy atom. The molecule has 4 heteroatoms. The fourth-order valence-electron chi connectivity index (χ4n) is 1.30. The summed E-state index contributed by atoms with van der Waals surface area (Å²) in [7, 11) is 0. The number of unbranched alkanes of at least 4 members (excludes halogenated alkanes) is 3. The van der Waals surface area contributed by atoms with Crippen LogP contribution < -0.4 is 34.7 Å². The minimum Gasteiger partial charge on any atom is -0.550 e. The summed E-state index contributed by atoms with van der Waals surface area (Å²) in [4.78, 5) is 21.2. The fourth-order valence-corrected chi connectivity index (χ4v) is 1.30. The van der Waals surface area contributed by atoms with E-state index in [1.807, 2.05) is 0 Å². The molecule has 0 fully saturated rings. The molecular weight excluding hydrogens is 203 g/mol. The Kier molecular flexibility index (Phi) is 14.3. The Hall–Kier alpha value is 0.140. The van der Waals surface area contributed by atoms with Crippen LogP contribution in [0.15, 0.2) is 0 Å². The second kappa shape index (κ2) is 12.2. The number of carboxylic acids is 1. The summed E-state index contributed by atoms with van der Waals surface area (Å²) in [6, 6.07) is 0. The first-order valence-corrected chi connectivity index (χ1v) is 5.38. The minimum atomic E-state index is -1.07. The second-order valence-corrected chi connectivity index (χ2v) is 3.57. The Balaban J connectivity index is 0. The van der Waals surface area contributed by atoms with Gasteiger partial charge in [0.15, 0.2) is 0 Å². The molecule has 0 saturated heterocycles. The van der Waals surface area contributed by atoms with Crippen molar-refractivity contribution in [2.24, 2.45) is 0 Å². The van der Waals surface area contributed by atoms with Gasteiger partial charge in [-0.2, -0.15) is 0 Å². The molecule has 0 aromatic rings. The number of Topliss-reactive ketones (excluding diaryl/α,β-unsaturated/α-hetero) is 1. The summed E-state index contributed by atoms with van der Waals surface area (Å²) in [5, 5.41) is 10.1. The zero-order valence-corrected chi connectivity index (χ0v) is 11.9. The fraction of sp³-hybridized carbons (Fsp3) is 0.818. The van der Waals surface area contributed by atoms with E-state index in [4.69, 9.17) is 0 Å². The molecule has 82 valence electrons. The van der Waals surface area contributed by atoms with Gasteiger partial charge in [-0.25, -0.2) is 0 Å². The molecule has 0 aromatic heterocycles. The third-order valence-electron chi connectivity index (χ3n) is 2.15. The Morgan fingerprint density at radius 2 is 1.53 bits per heavy atom. The monoisotopic (exact) mass is 222 g/mol. The largest absolute Gasteiger partial charge is 1.00 e. The summed E-state index contributed by atoms with van der Waals surface area (Å²) in [6.45, 7) is 2.13. The van der Waals surface area contributed by atoms with Gasteiger partial charge in [0.05, 0.1) is 0 Å². The van der Waals surface area contributed by atoms with Gasteiger partial charge in [-0.15, -0.1) is 0 Å². The van der Waals surface area contributed by atoms with Crippen molar-refractivity contribution < 1.29 is 44.3 Å². The maximum atomic E-state index is 11.2. The number of carbonyl (C=O) groups is 2. The Labute approximate surface area is 114 Å². The van der Waals surface area contributed by atoms with Gasteiger partial charge in [-0.3, -0.25) is 4.79 Å². The SMILES string of the molecule is CCCCCCC(=O)CCCC(=O)[O-].[Na+]. The summed E-state index contributed by atoms with van der Waals surface area (Å²) >= 11 is 0. The van der Waals surface area contributed by atoms with Crippen LogP contribution >= 0.6 is 0 Å². The third kappa shape index (κ3) is 14.1. The molecule has 0 aromatic carbocycles. The van der Waals surface area contributed by atoms with Gasteiger partial charge in [0.25, 0.3) is 0 Å². The van der Waals surface area contributed by atoms with E-state index in [0.29, 0.717) is 19.3 Å². The van der Waals surface area contributed by atoms with Crippen LogP contribution in [0, 0.1) is 0 Å². The van der Waals surface area contributed by atoms with Crippen LogP contribution in [0.25, 0.3) is 0 Å². The van der Waals surface area contributed by atoms with Crippen LogP contribution in [0.4, 0.5) is 0 Å². The molecular formula is C11H19NaO3. The third-order valence-corrected chi connectivity index (χ3v) is 2.15. The smallest absolute Gasteiger partial charge is 0.550 e. The molecule has 0 unspecified atom stereocenters. The van der Waals surface area contributed by atoms with E-state index in [1.165, 1.54) is 12.8 Å². The summed E-state index contributed by atoms with van der Waals surface area (Å²) in [5.41, 5.74) is 0. The molecule has 0 rings (SSSR count). The average Bonchev–Trinajstić information content (AvgIpc) is 2.12. The van der Waals surface area contributed by atoms with E-state index in [1.54, 1.807) is 0 Å². The maximum Gasteiger partial charge on any atom is 1.00 e. The molecule has 0 bridgehead atoms. The zero-order valence-electron chi connectivity index (χ0n) is 9.88. The number of rotatable bonds is 9. The van der Waals surface area contributed by atoms with Crippen LogP contribution in [-0.2, 0) is 9.59 Å². The summed E-state index contributed by atoms with van der Waals surface area (Å²) in [5.74, 6) is -0.883. The second-order valence-electron chi connectivity index (χ2n) is 3.57. The quantitative estimate of drug-likeness (QED) is 0.350. The molecule has 0 amide bonds. The van der Waals surface area contributed by atoms with Gasteiger partial charge in [-0.05, 0) is 19.3 Å². The molecule has 0 aliphatic heterocycles. The molecule has 0 atom stereocenters. The topological polar surface area (TPSA) is 57.2 Å². The van der Waals surface area contributed by atoms with E-state index < -0.39 is 5.97 Å². The van der Waals surface area contributed by atoms with Gasteiger partial charge in [0.2, 0.25) is 0 Å². The molecule has 0 aliphatic carbocycles. The molecule has 0 heterocycles. The van der Waals surface area contributed by atoms with Crippen LogP contribution in [0.1, 0.15) is 58.3 Å². The summed E-state index contributed by atoms with van der Waals surface area (Å²) in [6.07, 6.45) is 5.80. The van der Waals surface area contributed by atoms with Gasteiger partial charge in [0, 0.05) is 18.8 Å². The van der Waals surface area contributed by atoms with Crippen LogP contribution in [0.2, 0.25) is 0 Å². The van der Waals surface area contributed by atoms with E-state index >= 15 is 0 Å². The molecule has 3 nitrogen and oxygen atoms in total. The van der Waals surface area contributed by atoms with Crippen LogP contribution in [0.3, 0.4) is 0 Å². The number of hydrogen-bond acceptors (Lipinski definition) is 3. The minimum absolute atomic E-state index is 0. The predicted molar refractivity (Wildman–Crippen MR) is 52.6 cm³/mol. The van der Waals surface area contributed by atoms with Gasteiger partial charge < -0.3 is 9.90 Å². The molecule has 0 radical (unpaired) electrons. The Bertz CT molecular complexity index is 181. The standard InChI is InChI=1S/C11H20O3.Na/c1-2-3-4-5-7-10(12)8-6-9-11(13)14;/h2-9H2,1H3,(H,13,14);/q;+1/p-1. The molecule has 0 spiro atoms. The number of ketones is 1. The summed E-state index contributed by atoms with van der Waals surface area (Å²) < 4.78 is 0. The van der Waals surface area contributed by atoms with E-state index in [-0.39, 0.29) is 41.8 Å². The normalized spacial score (nSPS) is 9.40. The van der Waals surface area contributed by atoms with Gasteiger partial charge in [-0.1, -0.05) is 26.2 Å². The van der Waals surface area contributed by atoms with Crippen molar-refractivity contribution in [1.82, 2.24) is 0 Å². The van der Waals surface area contributed by atoms with Crippen LogP contribution in [0.5, 0.6) is 0 Å². The molecule has 0 aliphatic rings. The van der Waals surface area contributed by atoms with Crippen molar-refractivity contribution in [3.8, 4) is 0 Å². The van der Waals surface area contributed by atoms with Crippen molar-refractivity contribution in [2.45, 2.75) is 58.3 Å². The first-order valence-electron chi connectivity index (χ1n) is 5.38. The van der Waals surface area contributed by atoms with Crippen molar-refractivity contribution >= 4 is 11.8 Å². The molecule has 0 saturated carbocycles. The predicted octanol–water partition coefficient (Wildman–Crippen LogP) is -1.55. The van der Waals surface area contributed by atoms with Crippen molar-refractivity contribution in [2.75, 3.05) is 0 Å². The van der Waals surface area contributed by atoms with Gasteiger partial charge in [0.1, 0.15) is 5.78 Å². The first kappa shape index (κ1) is 17.5. The van der Waals surface area contributed by atoms with Crippen molar-refractivity contribution in [3.05, 3.63) is 0 Å². The van der Waals surface area contributed by atoms with Gasteiger partial charge >= 0.3 is 29.6 Å². The first-order chi connectivity index (χ1) is 6.66. The average molecular weight is 222 g/mol. The zero-order chi connectivity index (χ0) is 10.8. The molecule has 0 N–H and O–H groups in total. The number of hydrogen-bond donors (Lipinski definition) is 0. The van der Waals surface area contributed by atoms with Crippen molar-refractivity contribution in [3.63, 3.8) is 0 Å². The molecule has 15 heavy (non-hydrogen) atoms. The van der Waals surface area contributed by atoms with Crippen LogP contribution in [-0.4, -0.2) is 11.8 Å². The van der Waals surface area contributed by atoms with E-state index in [0.717, 1.165) is 12.8 Å². The number of carbonyl (C=O) groups excluding carboxylic acids is 2. The van der Waals surface area contributed by atoms with Crippen molar-refractivity contribution in [1.29, 1.82) is 0 Å². The maximum absolute atomic E-state index is 11.2. The Morgan fingerprint density at radius 3 is 2.07 bits per heavy atom.